The summed E-state index contributed by atoms with van der Waals surface area (Å²) in [6.07, 6.45) is 4.98. The molecule has 1 fully saturated rings. The Kier molecular flexibility index (Phi) is 6.40. The Hall–Kier alpha value is -3.98. The minimum atomic E-state index is -0.982. The average Bonchev–Trinajstić information content (AvgIpc) is 3.10. The topological polar surface area (TPSA) is 187 Å². The highest BCUT2D eigenvalue weighted by Crippen LogP contribution is 2.48. The summed E-state index contributed by atoms with van der Waals surface area (Å²) in [7, 11) is 0. The number of hydrogen-bond donors (Lipinski definition) is 7. The van der Waals surface area contributed by atoms with Crippen molar-refractivity contribution in [3.8, 4) is 23.0 Å². The molecule has 3 atom stereocenters. The minimum absolute atomic E-state index is 0.376. The number of carbonyl (C=O) groups excluding carboxylic acids is 2. The van der Waals surface area contributed by atoms with E-state index in [0.29, 0.717) is 35.1 Å². The molecule has 9 N–H and O–H groups in total. The summed E-state index contributed by atoms with van der Waals surface area (Å²) >= 11 is 0. The van der Waals surface area contributed by atoms with Crippen molar-refractivity contribution in [3.63, 3.8) is 0 Å². The fourth-order valence-electron chi connectivity index (χ4n) is 4.15. The monoisotopic (exact) mass is 440 g/mol. The van der Waals surface area contributed by atoms with E-state index in [1.807, 2.05) is 0 Å². The van der Waals surface area contributed by atoms with Crippen LogP contribution < -0.4 is 11.5 Å². The molecule has 0 radical (unpaired) electrons. The van der Waals surface area contributed by atoms with E-state index in [2.05, 4.69) is 0 Å². The lowest BCUT2D eigenvalue weighted by Gasteiger charge is -2.23. The van der Waals surface area contributed by atoms with Crippen LogP contribution in [0, 0.1) is 0 Å². The summed E-state index contributed by atoms with van der Waals surface area (Å²) in [5.74, 6) is -3.88. The van der Waals surface area contributed by atoms with Crippen molar-refractivity contribution in [2.24, 2.45) is 11.5 Å². The molecule has 0 aliphatic heterocycles. The Morgan fingerprint density at radius 3 is 1.41 bits per heavy atom. The first-order valence-corrected chi connectivity index (χ1v) is 9.83. The van der Waals surface area contributed by atoms with Gasteiger partial charge in [0.25, 0.3) is 0 Å². The van der Waals surface area contributed by atoms with Gasteiger partial charge < -0.3 is 37.0 Å². The van der Waals surface area contributed by atoms with Crippen LogP contribution in [0.3, 0.4) is 0 Å². The van der Waals surface area contributed by atoms with Gasteiger partial charge in [-0.15, -0.1) is 0 Å². The molecule has 0 saturated heterocycles. The fourth-order valence-corrected chi connectivity index (χ4v) is 4.15. The van der Waals surface area contributed by atoms with E-state index in [4.69, 9.17) is 11.5 Å². The van der Waals surface area contributed by atoms with Crippen LogP contribution in [-0.4, -0.2) is 43.5 Å². The first-order chi connectivity index (χ1) is 15.1. The van der Waals surface area contributed by atoms with Gasteiger partial charge in [0.05, 0.1) is 6.10 Å². The van der Waals surface area contributed by atoms with Gasteiger partial charge in [-0.2, -0.15) is 0 Å². The van der Waals surface area contributed by atoms with E-state index in [0.717, 1.165) is 12.2 Å². The van der Waals surface area contributed by atoms with E-state index >= 15 is 0 Å². The Morgan fingerprint density at radius 1 is 0.719 bits per heavy atom. The molecule has 0 heterocycles. The van der Waals surface area contributed by atoms with Gasteiger partial charge >= 0.3 is 0 Å². The molecular formula is C23H24N2O7. The molecule has 9 nitrogen and oxygen atoms in total. The maximum Gasteiger partial charge on any atom is 0.241 e. The van der Waals surface area contributed by atoms with Crippen molar-refractivity contribution in [3.05, 3.63) is 58.7 Å². The van der Waals surface area contributed by atoms with Gasteiger partial charge in [-0.05, 0) is 71.5 Å². The van der Waals surface area contributed by atoms with Crippen LogP contribution in [0.2, 0.25) is 0 Å². The Balaban J connectivity index is 2.03. The number of aliphatic hydroxyl groups is 1. The summed E-state index contributed by atoms with van der Waals surface area (Å²) in [5.41, 5.74) is 12.1. The number of amides is 2. The average molecular weight is 440 g/mol. The molecule has 32 heavy (non-hydrogen) atoms. The fraction of sp³-hybridized carbons (Fsp3) is 0.217. The second-order valence-corrected chi connectivity index (χ2v) is 7.69. The van der Waals surface area contributed by atoms with Crippen molar-refractivity contribution in [1.82, 2.24) is 0 Å². The number of hydrogen-bond acceptors (Lipinski definition) is 7. The lowest BCUT2D eigenvalue weighted by atomic mass is 9.85. The van der Waals surface area contributed by atoms with Gasteiger partial charge in [0, 0.05) is 24.0 Å². The van der Waals surface area contributed by atoms with Gasteiger partial charge in [-0.25, -0.2) is 0 Å². The molecule has 1 saturated carbocycles. The van der Waals surface area contributed by atoms with Crippen molar-refractivity contribution >= 4 is 24.0 Å². The highest BCUT2D eigenvalue weighted by molar-refractivity contribution is 5.91. The molecule has 2 aromatic carbocycles. The Bertz CT molecular complexity index is 1040. The number of nitrogens with two attached hydrogens (primary N) is 2. The van der Waals surface area contributed by atoms with Crippen molar-refractivity contribution in [2.45, 2.75) is 30.8 Å². The molecule has 1 unspecified atom stereocenters. The van der Waals surface area contributed by atoms with E-state index in [-0.39, 0.29) is 23.0 Å². The van der Waals surface area contributed by atoms with E-state index in [1.165, 1.54) is 36.4 Å². The molecule has 0 spiro atoms. The summed E-state index contributed by atoms with van der Waals surface area (Å²) in [6, 6.07) is 5.21. The number of phenolic OH excluding ortho intramolecular Hbond substituents is 4. The molecule has 9 heteroatoms. The van der Waals surface area contributed by atoms with Crippen molar-refractivity contribution < 1.29 is 35.1 Å². The van der Waals surface area contributed by atoms with Crippen LogP contribution in [0.25, 0.3) is 12.2 Å². The van der Waals surface area contributed by atoms with Gasteiger partial charge in [0.2, 0.25) is 11.8 Å². The number of primary amides is 2. The normalized spacial score (nSPS) is 20.8. The standard InChI is InChI=1S/C23H24N2O7/c24-21(30)5-1-11-7-17(26)19(28)9-15(11)13-3-4-14(23(13)32)16-10-20(29)18(27)8-12(16)2-6-22(25)31/h1-2,5-10,13-14,23,26-29,32H,3-4H2,(H2,24,30)(H2,25,31)/b5-1+,6-2+/t13-,14+,23?. The first-order valence-electron chi connectivity index (χ1n) is 9.83. The van der Waals surface area contributed by atoms with Crippen LogP contribution >= 0.6 is 0 Å². The first kappa shape index (κ1) is 22.7. The zero-order chi connectivity index (χ0) is 23.6. The highest BCUT2D eigenvalue weighted by Gasteiger charge is 2.38. The molecular weight excluding hydrogens is 416 g/mol. The molecule has 2 aromatic rings. The molecule has 168 valence electrons. The van der Waals surface area contributed by atoms with Gasteiger partial charge in [-0.3, -0.25) is 9.59 Å². The lowest BCUT2D eigenvalue weighted by molar-refractivity contribution is -0.114. The van der Waals surface area contributed by atoms with Crippen LogP contribution in [0.15, 0.2) is 36.4 Å². The molecule has 1 aliphatic rings. The largest absolute Gasteiger partial charge is 0.504 e. The number of rotatable bonds is 6. The molecule has 0 aromatic heterocycles. The predicted molar refractivity (Wildman–Crippen MR) is 117 cm³/mol. The number of aromatic hydroxyl groups is 4. The van der Waals surface area contributed by atoms with Gasteiger partial charge in [0.15, 0.2) is 23.0 Å². The third kappa shape index (κ3) is 4.68. The van der Waals surface area contributed by atoms with Crippen LogP contribution in [0.4, 0.5) is 0 Å². The third-order valence-corrected chi connectivity index (χ3v) is 5.63. The van der Waals surface area contributed by atoms with Gasteiger partial charge in [-0.1, -0.05) is 0 Å². The third-order valence-electron chi connectivity index (χ3n) is 5.63. The zero-order valence-electron chi connectivity index (χ0n) is 17.0. The lowest BCUT2D eigenvalue weighted by Crippen LogP contribution is -2.20. The molecule has 1 aliphatic carbocycles. The number of aliphatic hydroxyl groups excluding tert-OH is 1. The SMILES string of the molecule is NC(=O)/C=C/c1cc(O)c(O)cc1[C@H]1CC[C@@H](c2cc(O)c(O)cc2/C=C/C(N)=O)C1O. The summed E-state index contributed by atoms with van der Waals surface area (Å²) in [6.45, 7) is 0. The number of carbonyl (C=O) groups is 2. The number of phenols is 4. The number of benzene rings is 2. The second-order valence-electron chi connectivity index (χ2n) is 7.69. The maximum atomic E-state index is 11.2. The zero-order valence-corrected chi connectivity index (χ0v) is 17.0. The summed E-state index contributed by atoms with van der Waals surface area (Å²) in [5, 5.41) is 50.9. The molecule has 2 amide bonds. The molecule has 0 bridgehead atoms. The van der Waals surface area contributed by atoms with E-state index in [1.54, 1.807) is 0 Å². The maximum absolute atomic E-state index is 11.2. The quantitative estimate of drug-likeness (QED) is 0.262. The van der Waals surface area contributed by atoms with Crippen molar-refractivity contribution in [2.75, 3.05) is 0 Å². The summed E-state index contributed by atoms with van der Waals surface area (Å²) < 4.78 is 0. The smallest absolute Gasteiger partial charge is 0.241 e. The van der Waals surface area contributed by atoms with Gasteiger partial charge in [0.1, 0.15) is 0 Å². The van der Waals surface area contributed by atoms with Crippen molar-refractivity contribution in [1.29, 1.82) is 0 Å². The van der Waals surface area contributed by atoms with Crippen LogP contribution in [0.1, 0.15) is 46.9 Å². The Labute approximate surface area is 183 Å². The second kappa shape index (κ2) is 9.03. The predicted octanol–water partition coefficient (Wildman–Crippen LogP) is 1.53. The molecule has 3 rings (SSSR count). The van der Waals surface area contributed by atoms with Crippen LogP contribution in [-0.2, 0) is 9.59 Å². The van der Waals surface area contributed by atoms with E-state index < -0.39 is 29.8 Å². The minimum Gasteiger partial charge on any atom is -0.504 e. The van der Waals surface area contributed by atoms with Crippen LogP contribution in [0.5, 0.6) is 23.0 Å². The summed E-state index contributed by atoms with van der Waals surface area (Å²) in [4.78, 5) is 22.3. The van der Waals surface area contributed by atoms with E-state index in [9.17, 15) is 35.1 Å². The Morgan fingerprint density at radius 2 is 1.06 bits per heavy atom. The highest BCUT2D eigenvalue weighted by atomic mass is 16.3.